The number of amides is 3. The first-order valence-electron chi connectivity index (χ1n) is 7.47. The van der Waals surface area contributed by atoms with Gasteiger partial charge in [0.05, 0.1) is 5.69 Å². The first-order valence-corrected chi connectivity index (χ1v) is 7.47. The van der Waals surface area contributed by atoms with Gasteiger partial charge >= 0.3 is 6.03 Å². The van der Waals surface area contributed by atoms with Crippen LogP contribution in [0.5, 0.6) is 0 Å². The fourth-order valence-electron chi connectivity index (χ4n) is 2.78. The third kappa shape index (κ3) is 2.48. The SMILES string of the molecule is CC(=O)[C@@]1(C)C(=O)N(c2ccc(F)cc2)C(=O)N1c1ccc(F)cc1. The molecule has 1 heterocycles. The molecule has 5 nitrogen and oxygen atoms in total. The number of imide groups is 1. The molecule has 0 spiro atoms. The van der Waals surface area contributed by atoms with E-state index < -0.39 is 34.9 Å². The number of carbonyl (C=O) groups is 3. The summed E-state index contributed by atoms with van der Waals surface area (Å²) in [5, 5.41) is 0. The molecule has 1 aliphatic heterocycles. The highest BCUT2D eigenvalue weighted by Crippen LogP contribution is 2.37. The van der Waals surface area contributed by atoms with Crippen molar-refractivity contribution in [1.29, 1.82) is 0 Å². The second kappa shape index (κ2) is 5.77. The summed E-state index contributed by atoms with van der Waals surface area (Å²) in [6.07, 6.45) is 0. The van der Waals surface area contributed by atoms with E-state index in [-0.39, 0.29) is 11.4 Å². The molecule has 0 radical (unpaired) electrons. The lowest BCUT2D eigenvalue weighted by atomic mass is 9.95. The van der Waals surface area contributed by atoms with Crippen molar-refractivity contribution in [2.24, 2.45) is 0 Å². The summed E-state index contributed by atoms with van der Waals surface area (Å²) in [5.74, 6) is -2.32. The molecule has 3 rings (SSSR count). The maximum atomic E-state index is 13.2. The van der Waals surface area contributed by atoms with Crippen LogP contribution >= 0.6 is 0 Å². The van der Waals surface area contributed by atoms with Gasteiger partial charge in [0.2, 0.25) is 0 Å². The summed E-state index contributed by atoms with van der Waals surface area (Å²) in [4.78, 5) is 39.9. The summed E-state index contributed by atoms with van der Waals surface area (Å²) < 4.78 is 26.3. The van der Waals surface area contributed by atoms with Gasteiger partial charge in [-0.3, -0.25) is 14.5 Å². The number of nitrogens with zero attached hydrogens (tertiary/aromatic N) is 2. The van der Waals surface area contributed by atoms with Crippen LogP contribution in [0.25, 0.3) is 0 Å². The third-order valence-corrected chi connectivity index (χ3v) is 4.30. The molecule has 1 saturated heterocycles. The molecular weight excluding hydrogens is 330 g/mol. The summed E-state index contributed by atoms with van der Waals surface area (Å²) in [6, 6.07) is 8.91. The van der Waals surface area contributed by atoms with Crippen LogP contribution in [0, 0.1) is 11.6 Å². The van der Waals surface area contributed by atoms with Crippen LogP contribution < -0.4 is 9.80 Å². The van der Waals surface area contributed by atoms with E-state index in [0.717, 1.165) is 34.1 Å². The summed E-state index contributed by atoms with van der Waals surface area (Å²) in [5.41, 5.74) is -1.42. The monoisotopic (exact) mass is 344 g/mol. The smallest absolute Gasteiger partial charge is 0.297 e. The zero-order valence-electron chi connectivity index (χ0n) is 13.5. The molecule has 128 valence electrons. The van der Waals surface area contributed by atoms with Gasteiger partial charge in [-0.15, -0.1) is 0 Å². The molecule has 2 aromatic rings. The fourth-order valence-corrected chi connectivity index (χ4v) is 2.78. The van der Waals surface area contributed by atoms with Crippen LogP contribution in [-0.2, 0) is 9.59 Å². The highest BCUT2D eigenvalue weighted by atomic mass is 19.1. The number of hydrogen-bond donors (Lipinski definition) is 0. The minimum Gasteiger partial charge on any atom is -0.297 e. The van der Waals surface area contributed by atoms with Gasteiger partial charge in [-0.05, 0) is 62.4 Å². The molecule has 0 bridgehead atoms. The molecule has 0 aliphatic carbocycles. The number of hydrogen-bond acceptors (Lipinski definition) is 3. The Balaban J connectivity index is 2.14. The normalized spacial score (nSPS) is 20.3. The van der Waals surface area contributed by atoms with E-state index in [2.05, 4.69) is 0 Å². The van der Waals surface area contributed by atoms with Crippen molar-refractivity contribution < 1.29 is 23.2 Å². The molecule has 3 amide bonds. The highest BCUT2D eigenvalue weighted by Gasteiger charge is 2.58. The van der Waals surface area contributed by atoms with Crippen LogP contribution in [0.2, 0.25) is 0 Å². The van der Waals surface area contributed by atoms with Gasteiger partial charge in [-0.25, -0.2) is 18.5 Å². The first-order chi connectivity index (χ1) is 11.8. The van der Waals surface area contributed by atoms with Crippen LogP contribution in [0.1, 0.15) is 13.8 Å². The molecule has 1 atom stereocenters. The van der Waals surface area contributed by atoms with E-state index in [0.29, 0.717) is 0 Å². The summed E-state index contributed by atoms with van der Waals surface area (Å²) in [7, 11) is 0. The Morgan fingerprint density at radius 2 is 1.32 bits per heavy atom. The van der Waals surface area contributed by atoms with Gasteiger partial charge in [-0.2, -0.15) is 0 Å². The van der Waals surface area contributed by atoms with Crippen molar-refractivity contribution in [3.05, 3.63) is 60.2 Å². The van der Waals surface area contributed by atoms with Crippen molar-refractivity contribution in [1.82, 2.24) is 0 Å². The lowest BCUT2D eigenvalue weighted by molar-refractivity contribution is -0.130. The maximum absolute atomic E-state index is 13.2. The molecule has 0 unspecified atom stereocenters. The fraction of sp³-hybridized carbons (Fsp3) is 0.167. The van der Waals surface area contributed by atoms with Gasteiger partial charge in [0, 0.05) is 5.69 Å². The van der Waals surface area contributed by atoms with E-state index in [9.17, 15) is 23.2 Å². The van der Waals surface area contributed by atoms with Gasteiger partial charge in [-0.1, -0.05) is 0 Å². The summed E-state index contributed by atoms with van der Waals surface area (Å²) in [6.45, 7) is 2.54. The van der Waals surface area contributed by atoms with E-state index in [4.69, 9.17) is 0 Å². The van der Waals surface area contributed by atoms with Crippen molar-refractivity contribution in [2.45, 2.75) is 19.4 Å². The second-order valence-corrected chi connectivity index (χ2v) is 5.84. The van der Waals surface area contributed by atoms with Crippen LogP contribution in [0.3, 0.4) is 0 Å². The Morgan fingerprint density at radius 3 is 1.76 bits per heavy atom. The summed E-state index contributed by atoms with van der Waals surface area (Å²) >= 11 is 0. The third-order valence-electron chi connectivity index (χ3n) is 4.30. The largest absolute Gasteiger partial charge is 0.337 e. The molecular formula is C18H14F2N2O3. The molecule has 0 aromatic heterocycles. The molecule has 2 aromatic carbocycles. The maximum Gasteiger partial charge on any atom is 0.337 e. The van der Waals surface area contributed by atoms with Gasteiger partial charge in [0.15, 0.2) is 11.3 Å². The Labute approximate surface area is 142 Å². The predicted octanol–water partition coefficient (Wildman–Crippen LogP) is 3.29. The van der Waals surface area contributed by atoms with Crippen molar-refractivity contribution in [3.63, 3.8) is 0 Å². The van der Waals surface area contributed by atoms with E-state index in [1.54, 1.807) is 0 Å². The number of ketones is 1. The van der Waals surface area contributed by atoms with Crippen molar-refractivity contribution in [3.8, 4) is 0 Å². The predicted molar refractivity (Wildman–Crippen MR) is 87.2 cm³/mol. The zero-order chi connectivity index (χ0) is 18.4. The number of carbonyl (C=O) groups excluding carboxylic acids is 3. The minimum atomic E-state index is -1.77. The van der Waals surface area contributed by atoms with Gasteiger partial charge in [0.1, 0.15) is 11.6 Å². The number of rotatable bonds is 3. The zero-order valence-corrected chi connectivity index (χ0v) is 13.5. The average Bonchev–Trinajstić information content (AvgIpc) is 2.77. The van der Waals surface area contributed by atoms with Crippen molar-refractivity contribution >= 4 is 29.1 Å². The number of urea groups is 1. The van der Waals surface area contributed by atoms with E-state index in [1.165, 1.54) is 38.1 Å². The van der Waals surface area contributed by atoms with Crippen LogP contribution in [0.4, 0.5) is 25.0 Å². The van der Waals surface area contributed by atoms with E-state index >= 15 is 0 Å². The Bertz CT molecular complexity index is 865. The Kier molecular flexibility index (Phi) is 3.87. The molecule has 7 heteroatoms. The Hall–Kier alpha value is -3.09. The van der Waals surface area contributed by atoms with Crippen molar-refractivity contribution in [2.75, 3.05) is 9.80 Å². The standard InChI is InChI=1S/C18H14F2N2O3/c1-11(23)18(2)16(24)21(14-7-3-12(19)4-8-14)17(25)22(18)15-9-5-13(20)6-10-15/h3-10H,1-2H3/t18-/m0/s1. The molecule has 1 fully saturated rings. The van der Waals surface area contributed by atoms with Crippen LogP contribution in [0.15, 0.2) is 48.5 Å². The molecule has 1 aliphatic rings. The topological polar surface area (TPSA) is 57.7 Å². The highest BCUT2D eigenvalue weighted by molar-refractivity contribution is 6.37. The number of Topliss-reactive ketones (excluding diaryl/α,β-unsaturated/α-hetero) is 1. The number of anilines is 2. The number of halogens is 2. The second-order valence-electron chi connectivity index (χ2n) is 5.84. The van der Waals surface area contributed by atoms with E-state index in [1.807, 2.05) is 0 Å². The lowest BCUT2D eigenvalue weighted by Crippen LogP contribution is -2.53. The van der Waals surface area contributed by atoms with Gasteiger partial charge in [0.25, 0.3) is 5.91 Å². The van der Waals surface area contributed by atoms with Gasteiger partial charge < -0.3 is 0 Å². The minimum absolute atomic E-state index is 0.147. The first kappa shape index (κ1) is 16.8. The quantitative estimate of drug-likeness (QED) is 0.634. The Morgan fingerprint density at radius 1 is 0.880 bits per heavy atom. The molecule has 0 saturated carbocycles. The number of benzene rings is 2. The molecule has 0 N–H and O–H groups in total. The molecule has 25 heavy (non-hydrogen) atoms. The van der Waals surface area contributed by atoms with Crippen LogP contribution in [-0.4, -0.2) is 23.3 Å². The lowest BCUT2D eigenvalue weighted by Gasteiger charge is -2.29. The average molecular weight is 344 g/mol.